The van der Waals surface area contributed by atoms with Crippen molar-refractivity contribution in [3.8, 4) is 0 Å². The molecule has 162 valence electrons. The van der Waals surface area contributed by atoms with Gasteiger partial charge in [-0.1, -0.05) is 50.1 Å². The first-order chi connectivity index (χ1) is 13.4. The number of hydrogen-bond donors (Lipinski definition) is 4. The third-order valence-electron chi connectivity index (χ3n) is 1.10. The molecule has 0 saturated heterocycles. The number of carboxylic acids is 4. The number of aliphatic carboxylic acids is 4. The van der Waals surface area contributed by atoms with E-state index in [-0.39, 0.29) is 6.47 Å². The fraction of sp³-hybridized carbons (Fsp3) is 0.105. The maximum absolute atomic E-state index is 9.80. The smallest absolute Gasteiger partial charge is 0.328 e. The Labute approximate surface area is 168 Å². The molecule has 10 heteroatoms. The van der Waals surface area contributed by atoms with Gasteiger partial charge < -0.3 is 25.2 Å². The minimum Gasteiger partial charge on any atom is -0.481 e. The quantitative estimate of drug-likeness (QED) is 0.210. The highest BCUT2D eigenvalue weighted by atomic mass is 16.5. The summed E-state index contributed by atoms with van der Waals surface area (Å²) in [6.45, 7) is 12.4. The topological polar surface area (TPSA) is 175 Å². The van der Waals surface area contributed by atoms with Gasteiger partial charge in [0.05, 0.1) is 6.26 Å². The van der Waals surface area contributed by atoms with Crippen molar-refractivity contribution in [1.29, 1.82) is 0 Å². The van der Waals surface area contributed by atoms with E-state index < -0.39 is 23.9 Å². The van der Waals surface area contributed by atoms with Crippen LogP contribution in [0.25, 0.3) is 0 Å². The number of ether oxygens (including phenoxy) is 1. The lowest BCUT2D eigenvalue weighted by molar-refractivity contribution is -0.135. The van der Waals surface area contributed by atoms with Gasteiger partial charge in [0.2, 0.25) is 0 Å². The summed E-state index contributed by atoms with van der Waals surface area (Å²) in [6, 6.07) is 0. The van der Waals surface area contributed by atoms with Gasteiger partial charge in [0.15, 0.2) is 0 Å². The van der Waals surface area contributed by atoms with Crippen LogP contribution in [0.4, 0.5) is 0 Å². The number of hydrogen-bond acceptors (Lipinski definition) is 6. The zero-order chi connectivity index (χ0) is 24.1. The van der Waals surface area contributed by atoms with E-state index in [0.29, 0.717) is 0 Å². The van der Waals surface area contributed by atoms with Crippen molar-refractivity contribution in [2.24, 2.45) is 0 Å². The van der Waals surface area contributed by atoms with Crippen LogP contribution in [0.3, 0.4) is 0 Å². The van der Waals surface area contributed by atoms with Crippen LogP contribution in [-0.4, -0.2) is 50.8 Å². The molecule has 0 heterocycles. The Kier molecular flexibility index (Phi) is 43.2. The molecule has 0 spiro atoms. The van der Waals surface area contributed by atoms with E-state index in [1.165, 1.54) is 24.3 Å². The van der Waals surface area contributed by atoms with Crippen LogP contribution in [0.5, 0.6) is 0 Å². The Hall–Kier alpha value is -4.21. The lowest BCUT2D eigenvalue weighted by atomic mass is 10.5. The summed E-state index contributed by atoms with van der Waals surface area (Å²) in [4.78, 5) is 46.9. The van der Waals surface area contributed by atoms with Gasteiger partial charge in [0.25, 0.3) is 18.4 Å². The zero-order valence-electron chi connectivity index (χ0n) is 16.1. The van der Waals surface area contributed by atoms with Gasteiger partial charge in [-0.2, -0.15) is 0 Å². The molecule has 0 aromatic rings. The van der Waals surface area contributed by atoms with Crippen LogP contribution in [0.1, 0.15) is 13.8 Å². The van der Waals surface area contributed by atoms with Gasteiger partial charge in [-0.25, -0.2) is 9.59 Å². The van der Waals surface area contributed by atoms with E-state index in [1.54, 1.807) is 12.2 Å². The van der Waals surface area contributed by atoms with Crippen molar-refractivity contribution < 1.29 is 49.1 Å². The second-order valence-corrected chi connectivity index (χ2v) is 3.70. The van der Waals surface area contributed by atoms with Crippen molar-refractivity contribution in [2.75, 3.05) is 0 Å². The summed E-state index contributed by atoms with van der Waals surface area (Å²) in [5, 5.41) is 30.8. The van der Waals surface area contributed by atoms with Gasteiger partial charge in [-0.05, 0) is 6.08 Å². The Bertz CT molecular complexity index is 558. The molecule has 0 unspecified atom stereocenters. The largest absolute Gasteiger partial charge is 0.481 e. The van der Waals surface area contributed by atoms with E-state index in [4.69, 9.17) is 30.0 Å². The van der Waals surface area contributed by atoms with Crippen molar-refractivity contribution in [2.45, 2.75) is 13.8 Å². The van der Waals surface area contributed by atoms with E-state index in [9.17, 15) is 14.4 Å². The van der Waals surface area contributed by atoms with Crippen molar-refractivity contribution in [1.82, 2.24) is 0 Å². The molecule has 0 amide bonds. The van der Waals surface area contributed by atoms with Crippen LogP contribution in [0.2, 0.25) is 0 Å². The summed E-state index contributed by atoms with van der Waals surface area (Å²) >= 11 is 0. The van der Waals surface area contributed by atoms with E-state index in [2.05, 4.69) is 24.5 Å². The Morgan fingerprint density at radius 2 is 1.03 bits per heavy atom. The molecule has 4 N–H and O–H groups in total. The molecule has 0 aromatic carbocycles. The Balaban J connectivity index is -0.0000000885. The second-order valence-electron chi connectivity index (χ2n) is 3.70. The molecule has 0 bridgehead atoms. The molecule has 0 aliphatic rings. The summed E-state index contributed by atoms with van der Waals surface area (Å²) in [5.74, 6) is -3.66. The van der Waals surface area contributed by atoms with Gasteiger partial charge in [0, 0.05) is 26.0 Å². The van der Waals surface area contributed by atoms with Gasteiger partial charge in [-0.3, -0.25) is 14.4 Å². The van der Waals surface area contributed by atoms with E-state index >= 15 is 0 Å². The van der Waals surface area contributed by atoms with Crippen LogP contribution >= 0.6 is 0 Å². The summed E-state index contributed by atoms with van der Waals surface area (Å²) in [5.41, 5.74) is 0. The number of rotatable bonds is 7. The third-order valence-corrected chi connectivity index (χ3v) is 1.10. The SMILES string of the molecule is C=C/C=C/C(=O)O.C=CC=C.CC(=O)O.CC(=O)O.O=CO/C=C\C=C\C(=O)O. The summed E-state index contributed by atoms with van der Waals surface area (Å²) in [7, 11) is 0. The summed E-state index contributed by atoms with van der Waals surface area (Å²) < 4.78 is 4.11. The van der Waals surface area contributed by atoms with Crippen LogP contribution in [0, 0.1) is 0 Å². The molecule has 0 radical (unpaired) electrons. The van der Waals surface area contributed by atoms with Crippen LogP contribution < -0.4 is 0 Å². The van der Waals surface area contributed by atoms with Crippen molar-refractivity contribution in [3.63, 3.8) is 0 Å². The normalized spacial score (nSPS) is 8.21. The Morgan fingerprint density at radius 3 is 1.24 bits per heavy atom. The fourth-order valence-electron chi connectivity index (χ4n) is 0.411. The number of allylic oxidation sites excluding steroid dienone is 6. The van der Waals surface area contributed by atoms with E-state index in [1.807, 2.05) is 0 Å². The minimum absolute atomic E-state index is 0.241. The third kappa shape index (κ3) is 186. The number of carbonyl (C=O) groups is 5. The molecular formula is C19H26O10. The van der Waals surface area contributed by atoms with Crippen LogP contribution in [0.15, 0.2) is 74.6 Å². The lowest BCUT2D eigenvalue weighted by Gasteiger charge is -1.78. The van der Waals surface area contributed by atoms with Crippen molar-refractivity contribution in [3.05, 3.63) is 74.6 Å². The fourth-order valence-corrected chi connectivity index (χ4v) is 0.411. The minimum atomic E-state index is -1.05. The highest BCUT2D eigenvalue weighted by Gasteiger charge is 1.79. The first-order valence-corrected chi connectivity index (χ1v) is 7.22. The zero-order valence-corrected chi connectivity index (χ0v) is 16.1. The van der Waals surface area contributed by atoms with Gasteiger partial charge >= 0.3 is 11.9 Å². The molecule has 0 atom stereocenters. The maximum Gasteiger partial charge on any atom is 0.328 e. The molecule has 0 aliphatic heterocycles. The highest BCUT2D eigenvalue weighted by molar-refractivity contribution is 5.80. The standard InChI is InChI=1S/C6H6O4.C5H6O2.C4H6.2C2H4O2/c7-5-10-4-2-1-3-6(8)9;1-2-3-4-5(6)7;1-3-4-2;2*1-2(3)4/h1-5H,(H,8,9);2-4H,1H2,(H,6,7);3-4H,1-2H2;2*1H3,(H,3,4)/b3-1+,4-2-;4-3+;;;. The molecule has 29 heavy (non-hydrogen) atoms. The first-order valence-electron chi connectivity index (χ1n) is 7.22. The number of carbonyl (C=O) groups excluding carboxylic acids is 1. The maximum atomic E-state index is 9.80. The monoisotopic (exact) mass is 414 g/mol. The average molecular weight is 414 g/mol. The molecule has 0 rings (SSSR count). The predicted octanol–water partition coefficient (Wildman–Crippen LogP) is 2.67. The van der Waals surface area contributed by atoms with Gasteiger partial charge in [-0.15, -0.1) is 0 Å². The molecule has 10 nitrogen and oxygen atoms in total. The number of carboxylic acid groups (broad SMARTS) is 4. The van der Waals surface area contributed by atoms with E-state index in [0.717, 1.165) is 32.3 Å². The predicted molar refractivity (Wildman–Crippen MR) is 107 cm³/mol. The molecule has 0 fully saturated rings. The van der Waals surface area contributed by atoms with Gasteiger partial charge in [0.1, 0.15) is 0 Å². The van der Waals surface area contributed by atoms with Crippen molar-refractivity contribution >= 4 is 30.3 Å². The lowest BCUT2D eigenvalue weighted by Crippen LogP contribution is -1.84. The molecule has 0 aliphatic carbocycles. The second kappa shape index (κ2) is 35.0. The highest BCUT2D eigenvalue weighted by Crippen LogP contribution is 1.77. The average Bonchev–Trinajstić information content (AvgIpc) is 2.59. The van der Waals surface area contributed by atoms with Crippen LogP contribution in [-0.2, 0) is 28.7 Å². The summed E-state index contributed by atoms with van der Waals surface area (Å²) in [6.07, 6.45) is 11.6. The molecule has 0 saturated carbocycles. The molecule has 0 aromatic heterocycles. The Morgan fingerprint density at radius 1 is 0.690 bits per heavy atom. The first kappa shape index (κ1) is 35.8. The molecular weight excluding hydrogens is 388 g/mol.